The molecule has 0 amide bonds. The molecule has 6 nitrogen and oxygen atoms in total. The van der Waals surface area contributed by atoms with Crippen LogP contribution in [0.5, 0.6) is 0 Å². The minimum Gasteiger partial charge on any atom is -0.411 e. The van der Waals surface area contributed by atoms with Gasteiger partial charge in [-0.3, -0.25) is 19.9 Å². The lowest BCUT2D eigenvalue weighted by atomic mass is 10.1. The van der Waals surface area contributed by atoms with Gasteiger partial charge in [-0.15, -0.1) is 0 Å². The van der Waals surface area contributed by atoms with Crippen molar-refractivity contribution in [2.75, 3.05) is 0 Å². The lowest BCUT2D eigenvalue weighted by molar-refractivity contribution is 0.318. The van der Waals surface area contributed by atoms with Crippen molar-refractivity contribution in [1.82, 2.24) is 19.9 Å². The first-order chi connectivity index (χ1) is 7.90. The molecule has 0 saturated heterocycles. The highest BCUT2D eigenvalue weighted by molar-refractivity contribution is 5.99. The van der Waals surface area contributed by atoms with Crippen LogP contribution in [-0.2, 0) is 6.42 Å². The summed E-state index contributed by atoms with van der Waals surface area (Å²) in [6, 6.07) is 0. The Morgan fingerprint density at radius 1 is 1.06 bits per heavy atom. The molecule has 0 spiro atoms. The highest BCUT2D eigenvalue weighted by Gasteiger charge is 2.08. The van der Waals surface area contributed by atoms with Gasteiger partial charge >= 0.3 is 0 Å². The van der Waals surface area contributed by atoms with Gasteiger partial charge in [-0.05, 0) is 0 Å². The van der Waals surface area contributed by atoms with Crippen molar-refractivity contribution in [3.8, 4) is 0 Å². The van der Waals surface area contributed by atoms with Crippen LogP contribution < -0.4 is 0 Å². The Bertz CT molecular complexity index is 471. The van der Waals surface area contributed by atoms with E-state index >= 15 is 0 Å². The van der Waals surface area contributed by atoms with Gasteiger partial charge in [0.05, 0.1) is 11.9 Å². The Balaban J connectivity index is 2.20. The number of hydrogen-bond donors (Lipinski definition) is 1. The number of aromatic nitrogens is 4. The van der Waals surface area contributed by atoms with Crippen molar-refractivity contribution < 1.29 is 5.21 Å². The summed E-state index contributed by atoms with van der Waals surface area (Å²) in [5.74, 6) is 0. The van der Waals surface area contributed by atoms with Gasteiger partial charge in [0.15, 0.2) is 0 Å². The third-order valence-corrected chi connectivity index (χ3v) is 1.94. The van der Waals surface area contributed by atoms with E-state index in [9.17, 15) is 0 Å². The summed E-state index contributed by atoms with van der Waals surface area (Å²) in [6.07, 6.45) is 9.77. The molecule has 2 aromatic rings. The lowest BCUT2D eigenvalue weighted by Crippen LogP contribution is -2.09. The molecule has 1 N–H and O–H groups in total. The van der Waals surface area contributed by atoms with E-state index in [0.29, 0.717) is 23.5 Å². The van der Waals surface area contributed by atoms with Crippen molar-refractivity contribution in [3.05, 3.63) is 48.6 Å². The molecule has 6 heteroatoms. The van der Waals surface area contributed by atoms with Gasteiger partial charge in [-0.25, -0.2) is 0 Å². The molecule has 0 aliphatic carbocycles. The van der Waals surface area contributed by atoms with Gasteiger partial charge in [-0.1, -0.05) is 5.16 Å². The molecule has 16 heavy (non-hydrogen) atoms. The van der Waals surface area contributed by atoms with Crippen LogP contribution in [0.4, 0.5) is 0 Å². The zero-order valence-corrected chi connectivity index (χ0v) is 8.35. The van der Waals surface area contributed by atoms with Gasteiger partial charge in [0.1, 0.15) is 11.4 Å². The highest BCUT2D eigenvalue weighted by Crippen LogP contribution is 2.01. The SMILES string of the molecule is O/N=C(/Cc1cnccn1)c1cnccn1. The second-order valence-corrected chi connectivity index (χ2v) is 3.01. The summed E-state index contributed by atoms with van der Waals surface area (Å²) < 4.78 is 0. The van der Waals surface area contributed by atoms with Crippen LogP contribution in [0, 0.1) is 0 Å². The standard InChI is InChI=1S/C10H9N5O/c16-15-9(10-7-12-2-4-14-10)5-8-6-11-1-3-13-8/h1-4,6-7,16H,5H2/b15-9-. The molecular weight excluding hydrogens is 206 g/mol. The maximum Gasteiger partial charge on any atom is 0.113 e. The Morgan fingerprint density at radius 3 is 2.38 bits per heavy atom. The van der Waals surface area contributed by atoms with E-state index in [4.69, 9.17) is 5.21 Å². The number of rotatable bonds is 3. The smallest absolute Gasteiger partial charge is 0.113 e. The van der Waals surface area contributed by atoms with Gasteiger partial charge in [0.25, 0.3) is 0 Å². The van der Waals surface area contributed by atoms with Gasteiger partial charge in [0, 0.05) is 37.4 Å². The molecule has 0 aromatic carbocycles. The van der Waals surface area contributed by atoms with Crippen molar-refractivity contribution in [3.63, 3.8) is 0 Å². The van der Waals surface area contributed by atoms with Crippen LogP contribution in [-0.4, -0.2) is 30.9 Å². The van der Waals surface area contributed by atoms with Crippen LogP contribution in [0.25, 0.3) is 0 Å². The Morgan fingerprint density at radius 2 is 1.81 bits per heavy atom. The topological polar surface area (TPSA) is 84.2 Å². The zero-order valence-electron chi connectivity index (χ0n) is 8.35. The number of oxime groups is 1. The maximum atomic E-state index is 8.91. The quantitative estimate of drug-likeness (QED) is 0.462. The van der Waals surface area contributed by atoms with Crippen LogP contribution >= 0.6 is 0 Å². The maximum absolute atomic E-state index is 8.91. The average molecular weight is 215 g/mol. The van der Waals surface area contributed by atoms with E-state index in [1.165, 1.54) is 12.4 Å². The third kappa shape index (κ3) is 2.35. The first-order valence-corrected chi connectivity index (χ1v) is 4.62. The lowest BCUT2D eigenvalue weighted by Gasteiger charge is -2.01. The fourth-order valence-corrected chi connectivity index (χ4v) is 1.22. The Labute approximate surface area is 91.7 Å². The van der Waals surface area contributed by atoms with Crippen LogP contribution in [0.3, 0.4) is 0 Å². The van der Waals surface area contributed by atoms with Crippen molar-refractivity contribution in [1.29, 1.82) is 0 Å². The van der Waals surface area contributed by atoms with Crippen molar-refractivity contribution in [2.45, 2.75) is 6.42 Å². The van der Waals surface area contributed by atoms with Crippen LogP contribution in [0.1, 0.15) is 11.4 Å². The van der Waals surface area contributed by atoms with Gasteiger partial charge in [0.2, 0.25) is 0 Å². The van der Waals surface area contributed by atoms with E-state index < -0.39 is 0 Å². The summed E-state index contributed by atoms with van der Waals surface area (Å²) in [6.45, 7) is 0. The van der Waals surface area contributed by atoms with Crippen molar-refractivity contribution >= 4 is 5.71 Å². The summed E-state index contributed by atoms with van der Waals surface area (Å²) in [5, 5.41) is 12.1. The first kappa shape index (κ1) is 10.2. The molecule has 0 atom stereocenters. The molecule has 2 aromatic heterocycles. The second-order valence-electron chi connectivity index (χ2n) is 3.01. The molecule has 2 rings (SSSR count). The van der Waals surface area contributed by atoms with E-state index in [-0.39, 0.29) is 0 Å². The van der Waals surface area contributed by atoms with E-state index in [0.717, 1.165) is 0 Å². The third-order valence-electron chi connectivity index (χ3n) is 1.94. The number of nitrogens with zero attached hydrogens (tertiary/aromatic N) is 5. The molecule has 0 bridgehead atoms. The summed E-state index contributed by atoms with van der Waals surface area (Å²) in [5.41, 5.74) is 1.64. The zero-order chi connectivity index (χ0) is 11.2. The van der Waals surface area contributed by atoms with E-state index in [1.807, 2.05) is 0 Å². The Kier molecular flexibility index (Phi) is 3.12. The predicted octanol–water partition coefficient (Wildman–Crippen LogP) is 0.688. The summed E-state index contributed by atoms with van der Waals surface area (Å²) in [7, 11) is 0. The molecule has 0 unspecified atom stereocenters. The van der Waals surface area contributed by atoms with E-state index in [2.05, 4.69) is 25.1 Å². The predicted molar refractivity (Wildman–Crippen MR) is 56.1 cm³/mol. The fourth-order valence-electron chi connectivity index (χ4n) is 1.22. The van der Waals surface area contributed by atoms with Crippen LogP contribution in [0.2, 0.25) is 0 Å². The fraction of sp³-hybridized carbons (Fsp3) is 0.100. The first-order valence-electron chi connectivity index (χ1n) is 4.62. The van der Waals surface area contributed by atoms with E-state index in [1.54, 1.807) is 24.8 Å². The molecule has 80 valence electrons. The van der Waals surface area contributed by atoms with Gasteiger partial charge in [-0.2, -0.15) is 0 Å². The minimum absolute atomic E-state index is 0.364. The molecule has 0 fully saturated rings. The second kappa shape index (κ2) is 4.92. The monoisotopic (exact) mass is 215 g/mol. The molecule has 0 aliphatic heterocycles. The number of hydrogen-bond acceptors (Lipinski definition) is 6. The Hall–Kier alpha value is -2.37. The molecule has 2 heterocycles. The molecule has 0 radical (unpaired) electrons. The largest absolute Gasteiger partial charge is 0.411 e. The molecule has 0 aliphatic rings. The normalized spacial score (nSPS) is 11.4. The average Bonchev–Trinajstić information content (AvgIpc) is 2.38. The van der Waals surface area contributed by atoms with Gasteiger partial charge < -0.3 is 5.21 Å². The molecular formula is C10H9N5O. The van der Waals surface area contributed by atoms with Crippen molar-refractivity contribution in [2.24, 2.45) is 5.16 Å². The molecule has 0 saturated carbocycles. The minimum atomic E-state index is 0.364. The van der Waals surface area contributed by atoms with Crippen LogP contribution in [0.15, 0.2) is 42.3 Å². The summed E-state index contributed by atoms with van der Waals surface area (Å²) in [4.78, 5) is 16.0. The summed E-state index contributed by atoms with van der Waals surface area (Å²) >= 11 is 0. The highest BCUT2D eigenvalue weighted by atomic mass is 16.4.